The second kappa shape index (κ2) is 7.19. The monoisotopic (exact) mass is 305 g/mol. The first-order valence-corrected chi connectivity index (χ1v) is 9.19. The summed E-state index contributed by atoms with van der Waals surface area (Å²) in [6.07, 6.45) is 2.56. The lowest BCUT2D eigenvalue weighted by Gasteiger charge is -2.33. The number of thioether (sulfide) groups is 1. The van der Waals surface area contributed by atoms with Crippen LogP contribution in [-0.4, -0.2) is 18.3 Å². The summed E-state index contributed by atoms with van der Waals surface area (Å²) in [5.74, 6) is 1.47. The van der Waals surface area contributed by atoms with Gasteiger partial charge < -0.3 is 5.32 Å². The summed E-state index contributed by atoms with van der Waals surface area (Å²) in [6, 6.07) is 8.92. The molecule has 0 fully saturated rings. The first-order valence-electron chi connectivity index (χ1n) is 8.31. The molecule has 2 rings (SSSR count). The Labute approximate surface area is 135 Å². The van der Waals surface area contributed by atoms with Gasteiger partial charge in [0.25, 0.3) is 0 Å². The summed E-state index contributed by atoms with van der Waals surface area (Å²) in [5, 5.41) is 4.43. The van der Waals surface area contributed by atoms with Crippen LogP contribution in [0.15, 0.2) is 29.2 Å². The van der Waals surface area contributed by atoms with Crippen molar-refractivity contribution in [1.82, 2.24) is 5.32 Å². The van der Waals surface area contributed by atoms with Crippen molar-refractivity contribution in [3.05, 3.63) is 29.8 Å². The van der Waals surface area contributed by atoms with Gasteiger partial charge in [0.2, 0.25) is 0 Å². The molecule has 0 bridgehead atoms. The largest absolute Gasteiger partial charge is 0.316 e. The molecule has 118 valence electrons. The molecule has 21 heavy (non-hydrogen) atoms. The Morgan fingerprint density at radius 2 is 1.90 bits per heavy atom. The molecule has 0 aromatic heterocycles. The van der Waals surface area contributed by atoms with Gasteiger partial charge in [0.05, 0.1) is 0 Å². The molecule has 0 saturated heterocycles. The van der Waals surface area contributed by atoms with Crippen LogP contribution in [0, 0.1) is 17.3 Å². The highest BCUT2D eigenvalue weighted by Gasteiger charge is 2.30. The maximum atomic E-state index is 3.68. The fraction of sp³-hybridized carbons (Fsp3) is 0.684. The standard InChI is InChI=1S/C19H31NS/c1-14(2)12-20-13-16(19(3,4)5)11-17-10-15-8-6-7-9-18(15)21-17/h6-9,14,16-17,20H,10-13H2,1-5H3. The molecule has 0 aliphatic carbocycles. The van der Waals surface area contributed by atoms with E-state index >= 15 is 0 Å². The van der Waals surface area contributed by atoms with Gasteiger partial charge in [0.1, 0.15) is 0 Å². The molecule has 1 aliphatic rings. The third-order valence-electron chi connectivity index (χ3n) is 4.43. The van der Waals surface area contributed by atoms with E-state index in [4.69, 9.17) is 0 Å². The topological polar surface area (TPSA) is 12.0 Å². The summed E-state index contributed by atoms with van der Waals surface area (Å²) < 4.78 is 0. The minimum absolute atomic E-state index is 0.374. The van der Waals surface area contributed by atoms with Crippen LogP contribution in [0.1, 0.15) is 46.6 Å². The number of rotatable bonds is 6. The highest BCUT2D eigenvalue weighted by molar-refractivity contribution is 8.00. The molecule has 2 heteroatoms. The van der Waals surface area contributed by atoms with Gasteiger partial charge >= 0.3 is 0 Å². The molecular formula is C19H31NS. The molecule has 0 spiro atoms. The van der Waals surface area contributed by atoms with Crippen LogP contribution in [0.5, 0.6) is 0 Å². The molecule has 1 aromatic rings. The van der Waals surface area contributed by atoms with Crippen molar-refractivity contribution in [3.8, 4) is 0 Å². The summed E-state index contributed by atoms with van der Waals surface area (Å²) in [6.45, 7) is 14.0. The molecule has 0 saturated carbocycles. The van der Waals surface area contributed by atoms with Crippen molar-refractivity contribution >= 4 is 11.8 Å². The molecule has 1 aromatic carbocycles. The third kappa shape index (κ3) is 5.03. The molecule has 2 unspecified atom stereocenters. The van der Waals surface area contributed by atoms with E-state index < -0.39 is 0 Å². The number of nitrogens with one attached hydrogen (secondary N) is 1. The van der Waals surface area contributed by atoms with Crippen molar-refractivity contribution in [3.63, 3.8) is 0 Å². The van der Waals surface area contributed by atoms with Gasteiger partial charge in [0.15, 0.2) is 0 Å². The minimum atomic E-state index is 0.374. The molecule has 0 amide bonds. The second-order valence-electron chi connectivity index (χ2n) is 7.90. The zero-order chi connectivity index (χ0) is 15.5. The van der Waals surface area contributed by atoms with E-state index in [1.54, 1.807) is 5.56 Å². The third-order valence-corrected chi connectivity index (χ3v) is 5.77. The van der Waals surface area contributed by atoms with Crippen LogP contribution in [0.25, 0.3) is 0 Å². The Balaban J connectivity index is 1.91. The highest BCUT2D eigenvalue weighted by atomic mass is 32.2. The maximum absolute atomic E-state index is 3.68. The fourth-order valence-corrected chi connectivity index (χ4v) is 4.40. The first kappa shape index (κ1) is 16.9. The Hall–Kier alpha value is -0.470. The van der Waals surface area contributed by atoms with Crippen LogP contribution in [-0.2, 0) is 6.42 Å². The van der Waals surface area contributed by atoms with E-state index in [1.807, 2.05) is 0 Å². The average Bonchev–Trinajstić information content (AvgIpc) is 2.78. The van der Waals surface area contributed by atoms with Gasteiger partial charge in [-0.2, -0.15) is 0 Å². The predicted molar refractivity (Wildman–Crippen MR) is 95.1 cm³/mol. The first-order chi connectivity index (χ1) is 9.86. The van der Waals surface area contributed by atoms with E-state index in [-0.39, 0.29) is 0 Å². The number of hydrogen-bond acceptors (Lipinski definition) is 2. The predicted octanol–water partition coefficient (Wildman–Crippen LogP) is 5.00. The van der Waals surface area contributed by atoms with Gasteiger partial charge in [-0.1, -0.05) is 52.8 Å². The van der Waals surface area contributed by atoms with Crippen LogP contribution < -0.4 is 5.32 Å². The van der Waals surface area contributed by atoms with E-state index in [2.05, 4.69) is 76.0 Å². The van der Waals surface area contributed by atoms with Crippen molar-refractivity contribution < 1.29 is 0 Å². The Morgan fingerprint density at radius 3 is 2.52 bits per heavy atom. The lowest BCUT2D eigenvalue weighted by Crippen LogP contribution is -2.35. The van der Waals surface area contributed by atoms with Crippen LogP contribution in [0.3, 0.4) is 0 Å². The quantitative estimate of drug-likeness (QED) is 0.793. The Morgan fingerprint density at radius 1 is 1.19 bits per heavy atom. The molecule has 0 radical (unpaired) electrons. The molecular weight excluding hydrogens is 274 g/mol. The molecule has 2 atom stereocenters. The number of fused-ring (bicyclic) bond motifs is 1. The van der Waals surface area contributed by atoms with Crippen LogP contribution in [0.2, 0.25) is 0 Å². The second-order valence-corrected chi connectivity index (χ2v) is 9.24. The zero-order valence-corrected chi connectivity index (χ0v) is 15.1. The van der Waals surface area contributed by atoms with Gasteiger partial charge in [0, 0.05) is 10.1 Å². The normalized spacial score (nSPS) is 19.8. The summed E-state index contributed by atoms with van der Waals surface area (Å²) in [5.41, 5.74) is 1.93. The van der Waals surface area contributed by atoms with Crippen molar-refractivity contribution in [2.45, 2.75) is 57.6 Å². The Bertz CT molecular complexity index is 422. The number of hydrogen-bond donors (Lipinski definition) is 1. The average molecular weight is 306 g/mol. The van der Waals surface area contributed by atoms with Gasteiger partial charge in [-0.05, 0) is 54.8 Å². The number of benzene rings is 1. The lowest BCUT2D eigenvalue weighted by atomic mass is 9.77. The van der Waals surface area contributed by atoms with Crippen molar-refractivity contribution in [2.24, 2.45) is 17.3 Å². The van der Waals surface area contributed by atoms with E-state index in [9.17, 15) is 0 Å². The fourth-order valence-electron chi connectivity index (χ4n) is 2.99. The van der Waals surface area contributed by atoms with Crippen LogP contribution in [0.4, 0.5) is 0 Å². The van der Waals surface area contributed by atoms with Gasteiger partial charge in [-0.25, -0.2) is 0 Å². The molecule has 1 aliphatic heterocycles. The Kier molecular flexibility index (Phi) is 5.79. The smallest absolute Gasteiger partial charge is 0.0139 e. The van der Waals surface area contributed by atoms with E-state index in [0.29, 0.717) is 5.41 Å². The molecule has 1 heterocycles. The molecule has 1 nitrogen and oxygen atoms in total. The van der Waals surface area contributed by atoms with Gasteiger partial charge in [-0.3, -0.25) is 0 Å². The van der Waals surface area contributed by atoms with E-state index in [0.717, 1.165) is 30.2 Å². The summed E-state index contributed by atoms with van der Waals surface area (Å²) >= 11 is 2.09. The van der Waals surface area contributed by atoms with E-state index in [1.165, 1.54) is 17.7 Å². The maximum Gasteiger partial charge on any atom is 0.0139 e. The summed E-state index contributed by atoms with van der Waals surface area (Å²) in [7, 11) is 0. The van der Waals surface area contributed by atoms with Crippen molar-refractivity contribution in [1.29, 1.82) is 0 Å². The molecule has 1 N–H and O–H groups in total. The minimum Gasteiger partial charge on any atom is -0.316 e. The van der Waals surface area contributed by atoms with Crippen molar-refractivity contribution in [2.75, 3.05) is 13.1 Å². The van der Waals surface area contributed by atoms with Gasteiger partial charge in [-0.15, -0.1) is 11.8 Å². The SMILES string of the molecule is CC(C)CNCC(CC1Cc2ccccc2S1)C(C)(C)C. The summed E-state index contributed by atoms with van der Waals surface area (Å²) in [4.78, 5) is 1.50. The zero-order valence-electron chi connectivity index (χ0n) is 14.3. The lowest BCUT2D eigenvalue weighted by molar-refractivity contribution is 0.215. The highest BCUT2D eigenvalue weighted by Crippen LogP contribution is 2.42. The van der Waals surface area contributed by atoms with Crippen LogP contribution >= 0.6 is 11.8 Å².